The lowest BCUT2D eigenvalue weighted by Crippen LogP contribution is -2.45. The predicted octanol–water partition coefficient (Wildman–Crippen LogP) is 3.12. The second-order valence-corrected chi connectivity index (χ2v) is 6.17. The first kappa shape index (κ1) is 15.3. The molecule has 1 unspecified atom stereocenters. The Hall–Kier alpha value is -2.60. The maximum Gasteiger partial charge on any atom is 0.338 e. The Morgan fingerprint density at radius 3 is 2.70 bits per heavy atom. The fraction of sp³-hybridized carbons (Fsp3) is 0.176. The van der Waals surface area contributed by atoms with Crippen molar-refractivity contribution >= 4 is 23.3 Å². The van der Waals surface area contributed by atoms with Gasteiger partial charge in [0.25, 0.3) is 0 Å². The molecule has 3 rings (SSSR count). The van der Waals surface area contributed by atoms with Crippen LogP contribution in [-0.2, 0) is 16.1 Å². The van der Waals surface area contributed by atoms with Crippen LogP contribution < -0.4 is 10.6 Å². The van der Waals surface area contributed by atoms with E-state index in [4.69, 9.17) is 4.74 Å². The van der Waals surface area contributed by atoms with Crippen molar-refractivity contribution in [3.63, 3.8) is 0 Å². The van der Waals surface area contributed by atoms with Gasteiger partial charge in [-0.2, -0.15) is 0 Å². The highest BCUT2D eigenvalue weighted by Crippen LogP contribution is 2.27. The van der Waals surface area contributed by atoms with Gasteiger partial charge in [-0.15, -0.1) is 11.3 Å². The Labute approximate surface area is 138 Å². The van der Waals surface area contributed by atoms with Crippen LogP contribution in [0.1, 0.15) is 23.4 Å². The molecule has 2 heterocycles. The van der Waals surface area contributed by atoms with Gasteiger partial charge in [-0.05, 0) is 23.9 Å². The summed E-state index contributed by atoms with van der Waals surface area (Å²) in [6, 6.07) is 12.3. The summed E-state index contributed by atoms with van der Waals surface area (Å²) in [5, 5.41) is 7.35. The van der Waals surface area contributed by atoms with Gasteiger partial charge in [-0.1, -0.05) is 36.4 Å². The van der Waals surface area contributed by atoms with Crippen molar-refractivity contribution < 1.29 is 14.3 Å². The second kappa shape index (κ2) is 6.66. The lowest BCUT2D eigenvalue weighted by molar-refractivity contribution is -0.140. The fourth-order valence-electron chi connectivity index (χ4n) is 2.47. The SMILES string of the molecule is CC1=C(C(=O)OCc2cccs2)C(c2ccccc2)NC(=O)N1. The summed E-state index contributed by atoms with van der Waals surface area (Å²) >= 11 is 1.53. The van der Waals surface area contributed by atoms with Crippen molar-refractivity contribution in [2.45, 2.75) is 19.6 Å². The summed E-state index contributed by atoms with van der Waals surface area (Å²) in [6.07, 6.45) is 0. The minimum Gasteiger partial charge on any atom is -0.456 e. The molecule has 0 bridgehead atoms. The lowest BCUT2D eigenvalue weighted by atomic mass is 9.96. The average Bonchev–Trinajstić information content (AvgIpc) is 3.06. The number of thiophene rings is 1. The van der Waals surface area contributed by atoms with Gasteiger partial charge in [0.05, 0.1) is 11.6 Å². The molecule has 2 N–H and O–H groups in total. The van der Waals surface area contributed by atoms with E-state index in [0.717, 1.165) is 10.4 Å². The Balaban J connectivity index is 1.84. The van der Waals surface area contributed by atoms with Gasteiger partial charge < -0.3 is 15.4 Å². The van der Waals surface area contributed by atoms with Crippen LogP contribution in [0.5, 0.6) is 0 Å². The zero-order valence-corrected chi connectivity index (χ0v) is 13.4. The maximum absolute atomic E-state index is 12.5. The Morgan fingerprint density at radius 2 is 2.00 bits per heavy atom. The van der Waals surface area contributed by atoms with Crippen LogP contribution in [0.4, 0.5) is 4.79 Å². The number of amides is 2. The second-order valence-electron chi connectivity index (χ2n) is 5.14. The predicted molar refractivity (Wildman–Crippen MR) is 87.7 cm³/mol. The summed E-state index contributed by atoms with van der Waals surface area (Å²) in [4.78, 5) is 25.3. The highest BCUT2D eigenvalue weighted by atomic mass is 32.1. The molecule has 0 fully saturated rings. The minimum absolute atomic E-state index is 0.225. The molecule has 1 aliphatic heterocycles. The highest BCUT2D eigenvalue weighted by Gasteiger charge is 2.32. The molecule has 1 aromatic carbocycles. The molecular weight excluding hydrogens is 312 g/mol. The monoisotopic (exact) mass is 328 g/mol. The number of rotatable bonds is 4. The van der Waals surface area contributed by atoms with Gasteiger partial charge in [0, 0.05) is 10.6 Å². The van der Waals surface area contributed by atoms with Gasteiger partial charge in [0.1, 0.15) is 6.61 Å². The first-order chi connectivity index (χ1) is 11.1. The summed E-state index contributed by atoms with van der Waals surface area (Å²) in [5.41, 5.74) is 1.77. The third-order valence-electron chi connectivity index (χ3n) is 3.55. The number of urea groups is 1. The van der Waals surface area contributed by atoms with E-state index in [2.05, 4.69) is 10.6 Å². The third kappa shape index (κ3) is 3.43. The molecule has 1 atom stereocenters. The van der Waals surface area contributed by atoms with E-state index in [-0.39, 0.29) is 12.6 Å². The van der Waals surface area contributed by atoms with E-state index in [0.29, 0.717) is 11.3 Å². The molecule has 0 saturated heterocycles. The normalized spacial score (nSPS) is 17.4. The van der Waals surface area contributed by atoms with E-state index in [9.17, 15) is 9.59 Å². The van der Waals surface area contributed by atoms with E-state index in [1.807, 2.05) is 47.8 Å². The van der Waals surface area contributed by atoms with E-state index < -0.39 is 12.0 Å². The largest absolute Gasteiger partial charge is 0.456 e. The van der Waals surface area contributed by atoms with Gasteiger partial charge in [-0.25, -0.2) is 9.59 Å². The molecule has 118 valence electrons. The van der Waals surface area contributed by atoms with Gasteiger partial charge in [-0.3, -0.25) is 0 Å². The molecular formula is C17H16N2O3S. The van der Waals surface area contributed by atoms with Crippen LogP contribution in [0.2, 0.25) is 0 Å². The first-order valence-corrected chi connectivity index (χ1v) is 8.06. The number of hydrogen-bond donors (Lipinski definition) is 2. The summed E-state index contributed by atoms with van der Waals surface area (Å²) in [6.45, 7) is 1.93. The van der Waals surface area contributed by atoms with Crippen LogP contribution in [0.15, 0.2) is 59.1 Å². The standard InChI is InChI=1S/C17H16N2O3S/c1-11-14(16(20)22-10-13-8-5-9-23-13)15(19-17(21)18-11)12-6-3-2-4-7-12/h2-9,15H,10H2,1H3,(H2,18,19,21). The molecule has 1 aliphatic rings. The van der Waals surface area contributed by atoms with Crippen LogP contribution in [0.25, 0.3) is 0 Å². The Bertz CT molecular complexity index is 738. The van der Waals surface area contributed by atoms with Crippen LogP contribution in [0.3, 0.4) is 0 Å². The van der Waals surface area contributed by atoms with Crippen molar-refractivity contribution in [2.75, 3.05) is 0 Å². The summed E-state index contributed by atoms with van der Waals surface area (Å²) in [5.74, 6) is -0.433. The topological polar surface area (TPSA) is 67.4 Å². The number of nitrogens with one attached hydrogen (secondary N) is 2. The van der Waals surface area contributed by atoms with Crippen molar-refractivity contribution in [3.8, 4) is 0 Å². The Kier molecular flexibility index (Phi) is 4.43. The number of allylic oxidation sites excluding steroid dienone is 1. The fourth-order valence-corrected chi connectivity index (χ4v) is 3.09. The smallest absolute Gasteiger partial charge is 0.338 e. The van der Waals surface area contributed by atoms with Crippen LogP contribution in [0, 0.1) is 0 Å². The Morgan fingerprint density at radius 1 is 1.22 bits per heavy atom. The molecule has 6 heteroatoms. The van der Waals surface area contributed by atoms with Gasteiger partial charge in [0.2, 0.25) is 0 Å². The zero-order chi connectivity index (χ0) is 16.2. The van der Waals surface area contributed by atoms with E-state index >= 15 is 0 Å². The maximum atomic E-state index is 12.5. The average molecular weight is 328 g/mol. The molecule has 0 saturated carbocycles. The van der Waals surface area contributed by atoms with Crippen LogP contribution >= 0.6 is 11.3 Å². The number of carbonyl (C=O) groups is 2. The number of hydrogen-bond acceptors (Lipinski definition) is 4. The minimum atomic E-state index is -0.513. The van der Waals surface area contributed by atoms with Gasteiger partial charge in [0.15, 0.2) is 0 Å². The van der Waals surface area contributed by atoms with Crippen molar-refractivity contribution in [1.29, 1.82) is 0 Å². The zero-order valence-electron chi connectivity index (χ0n) is 12.5. The van der Waals surface area contributed by atoms with Crippen molar-refractivity contribution in [3.05, 3.63) is 69.6 Å². The molecule has 0 radical (unpaired) electrons. The molecule has 2 amide bonds. The first-order valence-electron chi connectivity index (χ1n) is 7.18. The van der Waals surface area contributed by atoms with Crippen LogP contribution in [-0.4, -0.2) is 12.0 Å². The molecule has 1 aromatic heterocycles. The highest BCUT2D eigenvalue weighted by molar-refractivity contribution is 7.09. The molecule has 5 nitrogen and oxygen atoms in total. The van der Waals surface area contributed by atoms with E-state index in [1.54, 1.807) is 6.92 Å². The third-order valence-corrected chi connectivity index (χ3v) is 4.40. The number of benzene rings is 1. The van der Waals surface area contributed by atoms with Gasteiger partial charge >= 0.3 is 12.0 Å². The number of carbonyl (C=O) groups excluding carboxylic acids is 2. The van der Waals surface area contributed by atoms with Crippen molar-refractivity contribution in [2.24, 2.45) is 0 Å². The van der Waals surface area contributed by atoms with Crippen molar-refractivity contribution in [1.82, 2.24) is 10.6 Å². The van der Waals surface area contributed by atoms with E-state index in [1.165, 1.54) is 11.3 Å². The molecule has 0 aliphatic carbocycles. The lowest BCUT2D eigenvalue weighted by Gasteiger charge is -2.28. The number of ether oxygens (including phenoxy) is 1. The number of esters is 1. The molecule has 23 heavy (non-hydrogen) atoms. The quantitative estimate of drug-likeness (QED) is 0.848. The molecule has 2 aromatic rings. The summed E-state index contributed by atoms with van der Waals surface area (Å²) in [7, 11) is 0. The summed E-state index contributed by atoms with van der Waals surface area (Å²) < 4.78 is 5.41. The molecule has 0 spiro atoms.